The second kappa shape index (κ2) is 32.0. The SMILES string of the molecule is CO[C@H]1O[C@H](CO[C@H]2O[C@H](COC(=O)c3ccccc3C(=O)OCc3ccc(C(C)(C)C)cc3)[C@@H](OCc3ccccc3)[C@H](OCc3ccccc3)[C@H]2OCc2ccccc2)[C@@H](OCc2ccccc2)[C@H](OCc2ccccc2)[C@H]1OCc1ccccc1. The maximum absolute atomic E-state index is 14.5. The Morgan fingerprint density at radius 1 is 0.330 bits per heavy atom. The summed E-state index contributed by atoms with van der Waals surface area (Å²) in [4.78, 5) is 28.4. The van der Waals surface area contributed by atoms with Crippen LogP contribution >= 0.6 is 0 Å². The fourth-order valence-electron chi connectivity index (χ4n) is 10.7. The first-order chi connectivity index (χ1) is 43.1. The summed E-state index contributed by atoms with van der Waals surface area (Å²) in [5.74, 6) is -1.46. The van der Waals surface area contributed by atoms with Gasteiger partial charge in [-0.2, -0.15) is 0 Å². The summed E-state index contributed by atoms with van der Waals surface area (Å²) in [6, 6.07) is 73.4. The van der Waals surface area contributed by atoms with Crippen molar-refractivity contribution >= 4 is 11.9 Å². The van der Waals surface area contributed by atoms with Gasteiger partial charge in [-0.1, -0.05) is 239 Å². The first kappa shape index (κ1) is 63.3. The summed E-state index contributed by atoms with van der Waals surface area (Å²) >= 11 is 0. The van der Waals surface area contributed by atoms with Crippen LogP contribution in [0.15, 0.2) is 231 Å². The number of rotatable bonds is 28. The molecule has 0 aromatic heterocycles. The second-order valence-electron chi connectivity index (χ2n) is 22.9. The Kier molecular flexibility index (Phi) is 23.0. The molecular formula is C74H78O14. The predicted molar refractivity (Wildman–Crippen MR) is 331 cm³/mol. The van der Waals surface area contributed by atoms with Gasteiger partial charge in [0.1, 0.15) is 62.0 Å². The summed E-state index contributed by atoms with van der Waals surface area (Å²) in [6.45, 7) is 7.04. The van der Waals surface area contributed by atoms with Crippen LogP contribution < -0.4 is 0 Å². The smallest absolute Gasteiger partial charge is 0.339 e. The predicted octanol–water partition coefficient (Wildman–Crippen LogP) is 13.1. The third-order valence-electron chi connectivity index (χ3n) is 15.5. The van der Waals surface area contributed by atoms with Crippen molar-refractivity contribution in [3.05, 3.63) is 286 Å². The molecule has 2 heterocycles. The van der Waals surface area contributed by atoms with Crippen molar-refractivity contribution in [1.29, 1.82) is 0 Å². The molecular weight excluding hydrogens is 1110 g/mol. The minimum absolute atomic E-state index is 0.00413. The number of methoxy groups -OCH3 is 1. The quantitative estimate of drug-likeness (QED) is 0.0429. The van der Waals surface area contributed by atoms with E-state index in [4.69, 9.17) is 56.8 Å². The van der Waals surface area contributed by atoms with Crippen LogP contribution in [0.4, 0.5) is 0 Å². The highest BCUT2D eigenvalue weighted by atomic mass is 16.8. The van der Waals surface area contributed by atoms with Crippen LogP contribution in [0, 0.1) is 0 Å². The van der Waals surface area contributed by atoms with Crippen LogP contribution in [0.25, 0.3) is 0 Å². The molecule has 0 spiro atoms. The molecule has 14 nitrogen and oxygen atoms in total. The van der Waals surface area contributed by atoms with Crippen LogP contribution in [0.1, 0.15) is 86.0 Å². The fourth-order valence-corrected chi connectivity index (χ4v) is 10.7. The van der Waals surface area contributed by atoms with E-state index in [-0.39, 0.29) is 76.0 Å². The first-order valence-electron chi connectivity index (χ1n) is 30.0. The topological polar surface area (TPSA) is 145 Å². The standard InChI is InChI=1S/C74H78O14/c1-74(2,3)59-41-39-58(40-42-59)49-84-70(75)60-37-23-24-38-61(60)71(76)85-50-62-64(78-43-52-25-11-5-12-26-52)67(81-46-55-31-17-8-18-32-55)69(83-48-57-35-21-10-22-36-57)73(88-62)86-51-63-65(79-44-53-27-13-6-14-28-53)66(80-45-54-29-15-7-16-30-54)68(72(77-4)87-63)82-47-56-33-19-9-20-34-56/h5-42,62-69,72-73H,43-51H2,1-4H3/t62-,63-,64-,65-,66+,67+,68-,69-,72+,73+/m1/s1. The number of carbonyl (C=O) groups is 2. The molecule has 88 heavy (non-hydrogen) atoms. The zero-order chi connectivity index (χ0) is 60.9. The zero-order valence-electron chi connectivity index (χ0n) is 50.3. The second-order valence-corrected chi connectivity index (χ2v) is 22.9. The molecule has 0 radical (unpaired) electrons. The van der Waals surface area contributed by atoms with Crippen molar-refractivity contribution in [2.75, 3.05) is 20.3 Å². The van der Waals surface area contributed by atoms with E-state index in [1.807, 2.05) is 206 Å². The van der Waals surface area contributed by atoms with E-state index in [9.17, 15) is 9.59 Å². The van der Waals surface area contributed by atoms with E-state index in [2.05, 4.69) is 20.8 Å². The van der Waals surface area contributed by atoms with Gasteiger partial charge in [-0.15, -0.1) is 0 Å². The minimum Gasteiger partial charge on any atom is -0.459 e. The number of esters is 2. The third-order valence-corrected chi connectivity index (χ3v) is 15.5. The Balaban J connectivity index is 0.976. The lowest BCUT2D eigenvalue weighted by atomic mass is 9.87. The molecule has 0 saturated carbocycles. The van der Waals surface area contributed by atoms with E-state index in [0.29, 0.717) is 0 Å². The maximum atomic E-state index is 14.5. The van der Waals surface area contributed by atoms with E-state index in [0.717, 1.165) is 44.5 Å². The van der Waals surface area contributed by atoms with Crippen molar-refractivity contribution in [3.63, 3.8) is 0 Å². The van der Waals surface area contributed by atoms with Gasteiger partial charge in [-0.05, 0) is 62.1 Å². The Labute approximate surface area is 516 Å². The molecule has 10 atom stereocenters. The summed E-state index contributed by atoms with van der Waals surface area (Å²) in [6.07, 6.45) is -9.26. The normalized spacial score (nSPS) is 22.0. The van der Waals surface area contributed by atoms with Crippen LogP contribution in [-0.4, -0.2) is 93.7 Å². The monoisotopic (exact) mass is 1190 g/mol. The van der Waals surface area contributed by atoms with Crippen molar-refractivity contribution in [2.45, 2.75) is 134 Å². The maximum Gasteiger partial charge on any atom is 0.339 e. The number of carbonyl (C=O) groups excluding carboxylic acids is 2. The summed E-state index contributed by atoms with van der Waals surface area (Å²) < 4.78 is 80.9. The number of ether oxygens (including phenoxy) is 12. The summed E-state index contributed by atoms with van der Waals surface area (Å²) in [7, 11) is 1.57. The highest BCUT2D eigenvalue weighted by Crippen LogP contribution is 2.35. The van der Waals surface area contributed by atoms with E-state index in [1.54, 1.807) is 25.3 Å². The van der Waals surface area contributed by atoms with Gasteiger partial charge in [0, 0.05) is 7.11 Å². The lowest BCUT2D eigenvalue weighted by molar-refractivity contribution is -0.350. The van der Waals surface area contributed by atoms with Crippen LogP contribution in [0.2, 0.25) is 0 Å². The van der Waals surface area contributed by atoms with Gasteiger partial charge in [0.2, 0.25) is 0 Å². The Bertz CT molecular complexity index is 3330. The van der Waals surface area contributed by atoms with Gasteiger partial charge in [0.05, 0.1) is 57.4 Å². The molecule has 0 unspecified atom stereocenters. The molecule has 8 aromatic carbocycles. The van der Waals surface area contributed by atoms with Crippen LogP contribution in [0.3, 0.4) is 0 Å². The van der Waals surface area contributed by atoms with E-state index < -0.39 is 73.4 Å². The van der Waals surface area contributed by atoms with E-state index in [1.165, 1.54) is 6.07 Å². The van der Waals surface area contributed by atoms with E-state index >= 15 is 0 Å². The summed E-state index contributed by atoms with van der Waals surface area (Å²) in [5.41, 5.74) is 7.50. The van der Waals surface area contributed by atoms with Gasteiger partial charge in [-0.3, -0.25) is 0 Å². The van der Waals surface area contributed by atoms with Crippen molar-refractivity contribution in [2.24, 2.45) is 0 Å². The molecule has 2 aliphatic rings. The van der Waals surface area contributed by atoms with Gasteiger partial charge < -0.3 is 56.8 Å². The number of benzene rings is 8. The largest absolute Gasteiger partial charge is 0.459 e. The molecule has 458 valence electrons. The molecule has 14 heteroatoms. The first-order valence-corrected chi connectivity index (χ1v) is 30.0. The highest BCUT2D eigenvalue weighted by molar-refractivity contribution is 6.03. The van der Waals surface area contributed by atoms with Gasteiger partial charge in [0.25, 0.3) is 0 Å². The van der Waals surface area contributed by atoms with Crippen LogP contribution in [-0.2, 0) is 109 Å². The van der Waals surface area contributed by atoms with Gasteiger partial charge >= 0.3 is 11.9 Å². The minimum atomic E-state index is -1.22. The molecule has 0 aliphatic carbocycles. The molecule has 2 saturated heterocycles. The van der Waals surface area contributed by atoms with Gasteiger partial charge in [-0.25, -0.2) is 9.59 Å². The van der Waals surface area contributed by atoms with Crippen molar-refractivity contribution in [1.82, 2.24) is 0 Å². The zero-order valence-corrected chi connectivity index (χ0v) is 50.3. The lowest BCUT2D eigenvalue weighted by Crippen LogP contribution is -2.64. The third kappa shape index (κ3) is 17.8. The Morgan fingerprint density at radius 2 is 0.636 bits per heavy atom. The van der Waals surface area contributed by atoms with Crippen LogP contribution in [0.5, 0.6) is 0 Å². The molecule has 0 N–H and O–H groups in total. The Hall–Kier alpha value is -7.70. The highest BCUT2D eigenvalue weighted by Gasteiger charge is 2.52. The molecule has 2 aliphatic heterocycles. The summed E-state index contributed by atoms with van der Waals surface area (Å²) in [5, 5.41) is 0. The number of hydrogen-bond donors (Lipinski definition) is 0. The molecule has 8 aromatic rings. The molecule has 10 rings (SSSR count). The lowest BCUT2D eigenvalue weighted by Gasteiger charge is -2.47. The fraction of sp³-hybridized carbons (Fsp3) is 0.324. The average molecular weight is 1190 g/mol. The molecule has 0 amide bonds. The van der Waals surface area contributed by atoms with Crippen molar-refractivity contribution < 1.29 is 66.4 Å². The Morgan fingerprint density at radius 3 is 1.01 bits per heavy atom. The molecule has 0 bridgehead atoms. The van der Waals surface area contributed by atoms with Crippen molar-refractivity contribution in [3.8, 4) is 0 Å². The number of hydrogen-bond acceptors (Lipinski definition) is 14. The average Bonchev–Trinajstić information content (AvgIpc) is 3.22. The van der Waals surface area contributed by atoms with Gasteiger partial charge in [0.15, 0.2) is 12.6 Å². The molecule has 2 fully saturated rings.